The molecular weight excluding hydrogens is 248 g/mol. The lowest BCUT2D eigenvalue weighted by molar-refractivity contribution is 0.528. The first kappa shape index (κ1) is 9.48. The molecule has 1 heterocycles. The average molecular weight is 257 g/mol. The molecule has 1 atom stereocenters. The molecule has 1 aromatic carbocycles. The van der Waals surface area contributed by atoms with Gasteiger partial charge in [0.2, 0.25) is 0 Å². The Morgan fingerprint density at radius 3 is 2.93 bits per heavy atom. The maximum Gasteiger partial charge on any atom is 0.419 e. The standard InChI is InChI=1S/C9H9BrN2O2/c1-12-6-3-2-5(8(10)11)4-7(6)14-9(12)13/h2-4,8H,11H2,1H3. The molecule has 0 saturated carbocycles. The van der Waals surface area contributed by atoms with Crippen molar-refractivity contribution in [2.24, 2.45) is 12.8 Å². The summed E-state index contributed by atoms with van der Waals surface area (Å²) in [6.45, 7) is 0. The molecule has 0 amide bonds. The number of nitrogens with zero attached hydrogens (tertiary/aromatic N) is 1. The zero-order chi connectivity index (χ0) is 10.3. The number of aryl methyl sites for hydroxylation is 1. The van der Waals surface area contributed by atoms with E-state index in [0.29, 0.717) is 5.58 Å². The van der Waals surface area contributed by atoms with E-state index >= 15 is 0 Å². The molecular formula is C9H9BrN2O2. The van der Waals surface area contributed by atoms with E-state index in [9.17, 15) is 4.79 Å². The van der Waals surface area contributed by atoms with E-state index in [1.807, 2.05) is 12.1 Å². The number of rotatable bonds is 1. The van der Waals surface area contributed by atoms with E-state index in [2.05, 4.69) is 15.9 Å². The minimum absolute atomic E-state index is 0.239. The Morgan fingerprint density at radius 2 is 2.29 bits per heavy atom. The van der Waals surface area contributed by atoms with Gasteiger partial charge >= 0.3 is 5.76 Å². The van der Waals surface area contributed by atoms with Crippen LogP contribution in [-0.2, 0) is 7.05 Å². The largest absolute Gasteiger partial charge is 0.419 e. The predicted molar refractivity (Wildman–Crippen MR) is 57.3 cm³/mol. The van der Waals surface area contributed by atoms with Crippen molar-refractivity contribution >= 4 is 27.0 Å². The van der Waals surface area contributed by atoms with Crippen molar-refractivity contribution < 1.29 is 4.42 Å². The van der Waals surface area contributed by atoms with Crippen molar-refractivity contribution in [2.75, 3.05) is 0 Å². The molecule has 1 aromatic heterocycles. The quantitative estimate of drug-likeness (QED) is 0.621. The first-order valence-electron chi connectivity index (χ1n) is 4.09. The lowest BCUT2D eigenvalue weighted by Gasteiger charge is -2.02. The molecule has 0 bridgehead atoms. The molecule has 0 spiro atoms. The van der Waals surface area contributed by atoms with Gasteiger partial charge in [-0.1, -0.05) is 22.0 Å². The third-order valence-corrected chi connectivity index (χ3v) is 2.66. The van der Waals surface area contributed by atoms with Gasteiger partial charge in [-0.15, -0.1) is 0 Å². The Balaban J connectivity index is 2.73. The number of aromatic nitrogens is 1. The van der Waals surface area contributed by atoms with Crippen LogP contribution in [0.5, 0.6) is 0 Å². The highest BCUT2D eigenvalue weighted by atomic mass is 79.9. The summed E-state index contributed by atoms with van der Waals surface area (Å²) in [7, 11) is 1.67. The fourth-order valence-corrected chi connectivity index (χ4v) is 1.61. The maximum atomic E-state index is 11.2. The van der Waals surface area contributed by atoms with E-state index < -0.39 is 0 Å². The summed E-state index contributed by atoms with van der Waals surface area (Å²) < 4.78 is 6.48. The number of halogens is 1. The molecule has 0 saturated heterocycles. The van der Waals surface area contributed by atoms with Crippen molar-refractivity contribution in [1.29, 1.82) is 0 Å². The minimum atomic E-state index is -0.361. The van der Waals surface area contributed by atoms with E-state index in [-0.39, 0.29) is 10.7 Å². The summed E-state index contributed by atoms with van der Waals surface area (Å²) in [5.74, 6) is -0.361. The molecule has 0 radical (unpaired) electrons. The van der Waals surface area contributed by atoms with Gasteiger partial charge in [0.25, 0.3) is 0 Å². The van der Waals surface area contributed by atoms with Gasteiger partial charge in [-0.3, -0.25) is 4.57 Å². The fourth-order valence-electron chi connectivity index (χ4n) is 1.32. The molecule has 14 heavy (non-hydrogen) atoms. The van der Waals surface area contributed by atoms with Gasteiger partial charge in [0.15, 0.2) is 5.58 Å². The van der Waals surface area contributed by atoms with Crippen LogP contribution in [-0.4, -0.2) is 4.57 Å². The third kappa shape index (κ3) is 1.38. The van der Waals surface area contributed by atoms with Crippen molar-refractivity contribution in [3.05, 3.63) is 34.3 Å². The molecule has 0 aliphatic heterocycles. The molecule has 0 fully saturated rings. The van der Waals surface area contributed by atoms with E-state index in [1.165, 1.54) is 4.57 Å². The van der Waals surface area contributed by atoms with Gasteiger partial charge < -0.3 is 10.2 Å². The molecule has 2 aromatic rings. The number of fused-ring (bicyclic) bond motifs is 1. The molecule has 2 rings (SSSR count). The van der Waals surface area contributed by atoms with Crippen LogP contribution in [0.2, 0.25) is 0 Å². The van der Waals surface area contributed by atoms with Crippen LogP contribution in [0, 0.1) is 0 Å². The summed E-state index contributed by atoms with van der Waals surface area (Å²) in [4.78, 5) is 10.9. The highest BCUT2D eigenvalue weighted by Gasteiger charge is 2.08. The summed E-state index contributed by atoms with van der Waals surface area (Å²) in [5.41, 5.74) is 7.85. The number of nitrogens with two attached hydrogens (primary N) is 1. The first-order chi connectivity index (χ1) is 6.59. The van der Waals surface area contributed by atoms with Gasteiger partial charge in [0.05, 0.1) is 10.5 Å². The Morgan fingerprint density at radius 1 is 1.57 bits per heavy atom. The lowest BCUT2D eigenvalue weighted by atomic mass is 10.2. The summed E-state index contributed by atoms with van der Waals surface area (Å²) >= 11 is 3.24. The number of oxazole rings is 1. The second-order valence-corrected chi connectivity index (χ2v) is 4.04. The first-order valence-corrected chi connectivity index (χ1v) is 5.00. The van der Waals surface area contributed by atoms with Crippen LogP contribution in [0.1, 0.15) is 10.5 Å². The van der Waals surface area contributed by atoms with E-state index in [1.54, 1.807) is 13.1 Å². The highest BCUT2D eigenvalue weighted by Crippen LogP contribution is 2.21. The van der Waals surface area contributed by atoms with Gasteiger partial charge in [-0.2, -0.15) is 0 Å². The predicted octanol–water partition coefficient (Wildman–Crippen LogP) is 1.48. The van der Waals surface area contributed by atoms with Crippen molar-refractivity contribution in [1.82, 2.24) is 4.57 Å². The smallest absolute Gasteiger partial charge is 0.408 e. The molecule has 0 aliphatic rings. The second kappa shape index (κ2) is 3.25. The van der Waals surface area contributed by atoms with Crippen molar-refractivity contribution in [3.63, 3.8) is 0 Å². The summed E-state index contributed by atoms with van der Waals surface area (Å²) in [5, 5.41) is 0. The number of hydrogen-bond donors (Lipinski definition) is 1. The molecule has 0 aliphatic carbocycles. The zero-order valence-electron chi connectivity index (χ0n) is 7.53. The summed E-state index contributed by atoms with van der Waals surface area (Å²) in [6, 6.07) is 5.43. The topological polar surface area (TPSA) is 61.2 Å². The third-order valence-electron chi connectivity index (χ3n) is 2.13. The van der Waals surface area contributed by atoms with Crippen LogP contribution >= 0.6 is 15.9 Å². The van der Waals surface area contributed by atoms with E-state index in [0.717, 1.165) is 11.1 Å². The maximum absolute atomic E-state index is 11.2. The Labute approximate surface area is 88.4 Å². The molecule has 4 nitrogen and oxygen atoms in total. The fraction of sp³-hybridized carbons (Fsp3) is 0.222. The Hall–Kier alpha value is -1.07. The minimum Gasteiger partial charge on any atom is -0.408 e. The van der Waals surface area contributed by atoms with Crippen LogP contribution in [0.15, 0.2) is 27.4 Å². The van der Waals surface area contributed by atoms with Crippen molar-refractivity contribution in [2.45, 2.75) is 4.95 Å². The van der Waals surface area contributed by atoms with Gasteiger partial charge in [-0.25, -0.2) is 4.79 Å². The van der Waals surface area contributed by atoms with Crippen LogP contribution in [0.4, 0.5) is 0 Å². The van der Waals surface area contributed by atoms with Gasteiger partial charge in [-0.05, 0) is 17.7 Å². The molecule has 74 valence electrons. The van der Waals surface area contributed by atoms with E-state index in [4.69, 9.17) is 10.2 Å². The summed E-state index contributed by atoms with van der Waals surface area (Å²) in [6.07, 6.45) is 0. The number of alkyl halides is 1. The van der Waals surface area contributed by atoms with Gasteiger partial charge in [0, 0.05) is 7.05 Å². The second-order valence-electron chi connectivity index (χ2n) is 3.06. The van der Waals surface area contributed by atoms with Crippen LogP contribution in [0.3, 0.4) is 0 Å². The molecule has 2 N–H and O–H groups in total. The average Bonchev–Trinajstić information content (AvgIpc) is 2.42. The van der Waals surface area contributed by atoms with Crippen LogP contribution < -0.4 is 11.5 Å². The lowest BCUT2D eigenvalue weighted by Crippen LogP contribution is -2.08. The highest BCUT2D eigenvalue weighted by molar-refractivity contribution is 9.09. The zero-order valence-corrected chi connectivity index (χ0v) is 9.11. The number of hydrogen-bond acceptors (Lipinski definition) is 3. The Bertz CT molecular complexity index is 527. The molecule has 5 heteroatoms. The Kier molecular flexibility index (Phi) is 2.20. The van der Waals surface area contributed by atoms with Gasteiger partial charge in [0.1, 0.15) is 0 Å². The van der Waals surface area contributed by atoms with Crippen molar-refractivity contribution in [3.8, 4) is 0 Å². The number of benzene rings is 1. The SMILES string of the molecule is Cn1c(=O)oc2cc(C(N)Br)ccc21. The monoisotopic (exact) mass is 256 g/mol. The van der Waals surface area contributed by atoms with Crippen LogP contribution in [0.25, 0.3) is 11.1 Å². The molecule has 1 unspecified atom stereocenters. The normalized spacial score (nSPS) is 13.4.